The molecule has 0 bridgehead atoms. The van der Waals surface area contributed by atoms with Crippen molar-refractivity contribution in [2.45, 2.75) is 18.9 Å². The lowest BCUT2D eigenvalue weighted by molar-refractivity contribution is 0.0885. The van der Waals surface area contributed by atoms with Crippen LogP contribution in [0.4, 0.5) is 0 Å². The average Bonchev–Trinajstić information content (AvgIpc) is 2.18. The van der Waals surface area contributed by atoms with E-state index in [4.69, 9.17) is 21.1 Å². The fourth-order valence-electron chi connectivity index (χ4n) is 0.982. The van der Waals surface area contributed by atoms with E-state index in [1.165, 1.54) is 0 Å². The van der Waals surface area contributed by atoms with Crippen LogP contribution in [0.25, 0.3) is 0 Å². The fourth-order valence-corrected chi connectivity index (χ4v) is 1.11. The van der Waals surface area contributed by atoms with Crippen LogP contribution >= 0.6 is 11.6 Å². The summed E-state index contributed by atoms with van der Waals surface area (Å²) in [5.41, 5.74) is 0.703. The number of halogens is 1. The molecule has 0 aliphatic heterocycles. The highest BCUT2D eigenvalue weighted by Gasteiger charge is 2.05. The lowest BCUT2D eigenvalue weighted by Gasteiger charge is -2.12. The standard InChI is InChI=1S/C9H13ClN2O2/c1-7(6-13-2)14-9-5-11-4-8(3-10)12-9/h4-5,7H,3,6H2,1-2H3. The van der Waals surface area contributed by atoms with Gasteiger partial charge < -0.3 is 9.47 Å². The maximum Gasteiger partial charge on any atom is 0.232 e. The minimum absolute atomic E-state index is 0.0418. The molecule has 1 aromatic heterocycles. The number of alkyl halides is 1. The van der Waals surface area contributed by atoms with Gasteiger partial charge in [-0.3, -0.25) is 4.98 Å². The van der Waals surface area contributed by atoms with E-state index in [0.717, 1.165) is 0 Å². The maximum atomic E-state index is 5.61. The molecule has 0 amide bonds. The first-order valence-corrected chi connectivity index (χ1v) is 4.82. The molecule has 0 aliphatic carbocycles. The van der Waals surface area contributed by atoms with E-state index in [1.807, 2.05) is 6.92 Å². The quantitative estimate of drug-likeness (QED) is 0.702. The molecular formula is C9H13ClN2O2. The molecule has 0 fully saturated rings. The Morgan fingerprint density at radius 1 is 1.50 bits per heavy atom. The van der Waals surface area contributed by atoms with Crippen molar-refractivity contribution in [1.29, 1.82) is 0 Å². The van der Waals surface area contributed by atoms with Gasteiger partial charge in [-0.2, -0.15) is 0 Å². The van der Waals surface area contributed by atoms with Crippen molar-refractivity contribution in [1.82, 2.24) is 9.97 Å². The summed E-state index contributed by atoms with van der Waals surface area (Å²) >= 11 is 5.61. The normalized spacial score (nSPS) is 12.5. The molecule has 0 N–H and O–H groups in total. The fraction of sp³-hybridized carbons (Fsp3) is 0.556. The van der Waals surface area contributed by atoms with Crippen LogP contribution in [0.1, 0.15) is 12.6 Å². The van der Waals surface area contributed by atoms with Gasteiger partial charge in [0.1, 0.15) is 6.10 Å². The Morgan fingerprint density at radius 3 is 2.93 bits per heavy atom. The Hall–Kier alpha value is -0.870. The molecule has 1 aromatic rings. The van der Waals surface area contributed by atoms with Gasteiger partial charge in [0.05, 0.1) is 24.4 Å². The maximum absolute atomic E-state index is 5.61. The Bertz CT molecular complexity index is 283. The molecule has 1 rings (SSSR count). The predicted octanol–water partition coefficient (Wildman–Crippen LogP) is 1.63. The number of ether oxygens (including phenoxy) is 2. The number of aromatic nitrogens is 2. The molecule has 4 nitrogen and oxygen atoms in total. The van der Waals surface area contributed by atoms with Gasteiger partial charge in [0, 0.05) is 13.3 Å². The molecule has 1 unspecified atom stereocenters. The molecule has 1 atom stereocenters. The third kappa shape index (κ3) is 3.47. The highest BCUT2D eigenvalue weighted by molar-refractivity contribution is 6.16. The van der Waals surface area contributed by atoms with E-state index >= 15 is 0 Å². The van der Waals surface area contributed by atoms with Crippen LogP contribution in [-0.2, 0) is 10.6 Å². The van der Waals surface area contributed by atoms with Gasteiger partial charge in [-0.05, 0) is 6.92 Å². The van der Waals surface area contributed by atoms with Gasteiger partial charge >= 0.3 is 0 Å². The second kappa shape index (κ2) is 5.78. The summed E-state index contributed by atoms with van der Waals surface area (Å²) in [4.78, 5) is 8.10. The van der Waals surface area contributed by atoms with E-state index in [9.17, 15) is 0 Å². The third-order valence-corrected chi connectivity index (χ3v) is 1.80. The molecular weight excluding hydrogens is 204 g/mol. The van der Waals surface area contributed by atoms with Crippen molar-refractivity contribution in [2.24, 2.45) is 0 Å². The highest BCUT2D eigenvalue weighted by atomic mass is 35.5. The molecule has 0 saturated heterocycles. The van der Waals surface area contributed by atoms with Crippen molar-refractivity contribution >= 4 is 11.6 Å². The van der Waals surface area contributed by atoms with Crippen LogP contribution in [-0.4, -0.2) is 29.8 Å². The van der Waals surface area contributed by atoms with E-state index in [2.05, 4.69) is 9.97 Å². The predicted molar refractivity (Wildman–Crippen MR) is 53.6 cm³/mol. The van der Waals surface area contributed by atoms with Crippen molar-refractivity contribution in [2.75, 3.05) is 13.7 Å². The second-order valence-corrected chi connectivity index (χ2v) is 3.13. The molecule has 78 valence electrons. The van der Waals surface area contributed by atoms with E-state index in [1.54, 1.807) is 19.5 Å². The summed E-state index contributed by atoms with van der Waals surface area (Å²) in [6.45, 7) is 2.42. The van der Waals surface area contributed by atoms with E-state index in [-0.39, 0.29) is 6.10 Å². The van der Waals surface area contributed by atoms with Crippen molar-refractivity contribution < 1.29 is 9.47 Å². The Labute approximate surface area is 88.2 Å². The van der Waals surface area contributed by atoms with Gasteiger partial charge in [0.25, 0.3) is 0 Å². The summed E-state index contributed by atoms with van der Waals surface area (Å²) in [5.74, 6) is 0.816. The number of rotatable bonds is 5. The SMILES string of the molecule is COCC(C)Oc1cncc(CCl)n1. The van der Waals surface area contributed by atoms with Crippen LogP contribution in [0.3, 0.4) is 0 Å². The third-order valence-electron chi connectivity index (χ3n) is 1.52. The van der Waals surface area contributed by atoms with Gasteiger partial charge in [-0.1, -0.05) is 0 Å². The topological polar surface area (TPSA) is 44.2 Å². The number of hydrogen-bond donors (Lipinski definition) is 0. The minimum Gasteiger partial charge on any atom is -0.471 e. The monoisotopic (exact) mass is 216 g/mol. The summed E-state index contributed by atoms with van der Waals surface area (Å²) in [6.07, 6.45) is 3.13. The molecule has 14 heavy (non-hydrogen) atoms. The zero-order chi connectivity index (χ0) is 10.4. The molecule has 0 spiro atoms. The van der Waals surface area contributed by atoms with Crippen LogP contribution < -0.4 is 4.74 Å². The first-order valence-electron chi connectivity index (χ1n) is 4.28. The average molecular weight is 217 g/mol. The molecule has 5 heteroatoms. The van der Waals surface area contributed by atoms with Crippen molar-refractivity contribution in [3.63, 3.8) is 0 Å². The van der Waals surface area contributed by atoms with E-state index < -0.39 is 0 Å². The molecule has 0 radical (unpaired) electrons. The smallest absolute Gasteiger partial charge is 0.232 e. The molecule has 0 saturated carbocycles. The zero-order valence-electron chi connectivity index (χ0n) is 8.24. The number of hydrogen-bond acceptors (Lipinski definition) is 4. The summed E-state index contributed by atoms with van der Waals surface area (Å²) in [7, 11) is 1.63. The van der Waals surface area contributed by atoms with Crippen LogP contribution in [0.5, 0.6) is 5.88 Å². The van der Waals surface area contributed by atoms with E-state index in [0.29, 0.717) is 24.1 Å². The van der Waals surface area contributed by atoms with Gasteiger partial charge in [0.2, 0.25) is 5.88 Å². The highest BCUT2D eigenvalue weighted by Crippen LogP contribution is 2.08. The summed E-state index contributed by atoms with van der Waals surface area (Å²) < 4.78 is 10.4. The first-order chi connectivity index (χ1) is 6.76. The number of methoxy groups -OCH3 is 1. The lowest BCUT2D eigenvalue weighted by Crippen LogP contribution is -2.18. The Kier molecular flexibility index (Phi) is 4.62. The molecule has 0 aromatic carbocycles. The molecule has 1 heterocycles. The minimum atomic E-state index is -0.0418. The largest absolute Gasteiger partial charge is 0.471 e. The Balaban J connectivity index is 2.57. The first kappa shape index (κ1) is 11.2. The van der Waals surface area contributed by atoms with Crippen LogP contribution in [0, 0.1) is 0 Å². The zero-order valence-corrected chi connectivity index (χ0v) is 8.99. The second-order valence-electron chi connectivity index (χ2n) is 2.87. The van der Waals surface area contributed by atoms with Crippen molar-refractivity contribution in [3.8, 4) is 5.88 Å². The van der Waals surface area contributed by atoms with Crippen molar-refractivity contribution in [3.05, 3.63) is 18.1 Å². The van der Waals surface area contributed by atoms with Gasteiger partial charge in [-0.25, -0.2) is 4.98 Å². The Morgan fingerprint density at radius 2 is 2.29 bits per heavy atom. The van der Waals surface area contributed by atoms with Crippen LogP contribution in [0.2, 0.25) is 0 Å². The summed E-state index contributed by atoms with van der Waals surface area (Å²) in [5, 5.41) is 0. The van der Waals surface area contributed by atoms with Gasteiger partial charge in [0.15, 0.2) is 0 Å². The lowest BCUT2D eigenvalue weighted by atomic mass is 10.4. The van der Waals surface area contributed by atoms with Gasteiger partial charge in [-0.15, -0.1) is 11.6 Å². The number of nitrogens with zero attached hydrogens (tertiary/aromatic N) is 2. The molecule has 0 aliphatic rings. The van der Waals surface area contributed by atoms with Crippen LogP contribution in [0.15, 0.2) is 12.4 Å². The summed E-state index contributed by atoms with van der Waals surface area (Å²) in [6, 6.07) is 0.